The van der Waals surface area contributed by atoms with Crippen molar-refractivity contribution in [2.24, 2.45) is 0 Å². The lowest BCUT2D eigenvalue weighted by Gasteiger charge is -2.36. The molecule has 0 aromatic heterocycles. The Hall–Kier alpha value is -1.39. The van der Waals surface area contributed by atoms with Crippen molar-refractivity contribution < 1.29 is 9.90 Å². The van der Waals surface area contributed by atoms with Crippen molar-refractivity contribution in [2.75, 3.05) is 6.54 Å². The van der Waals surface area contributed by atoms with Gasteiger partial charge in [0.05, 0.1) is 6.04 Å². The van der Waals surface area contributed by atoms with Crippen LogP contribution < -0.4 is 0 Å². The molecule has 5 heteroatoms. The molecule has 3 unspecified atom stereocenters. The molecule has 1 saturated heterocycles. The molecule has 2 aliphatic heterocycles. The van der Waals surface area contributed by atoms with Crippen LogP contribution in [0.1, 0.15) is 21.5 Å². The summed E-state index contributed by atoms with van der Waals surface area (Å²) in [5.41, 5.74) is 0.185. The highest BCUT2D eigenvalue weighted by Gasteiger charge is 2.59. The summed E-state index contributed by atoms with van der Waals surface area (Å²) in [6, 6.07) is 11.8. The van der Waals surface area contributed by atoms with E-state index in [2.05, 4.69) is 0 Å². The van der Waals surface area contributed by atoms with Crippen LogP contribution in [0, 0.1) is 0 Å². The van der Waals surface area contributed by atoms with Crippen molar-refractivity contribution in [1.82, 2.24) is 4.90 Å². The minimum Gasteiger partial charge on any atom is -0.367 e. The first-order chi connectivity index (χ1) is 10.0. The molecule has 3 nitrogen and oxygen atoms in total. The van der Waals surface area contributed by atoms with Gasteiger partial charge in [-0.05, 0) is 24.3 Å². The van der Waals surface area contributed by atoms with E-state index in [9.17, 15) is 9.90 Å². The average molecular weight is 320 g/mol. The maximum absolute atomic E-state index is 12.3. The Balaban J connectivity index is 2.02. The number of rotatable bonds is 1. The zero-order chi connectivity index (χ0) is 14.8. The summed E-state index contributed by atoms with van der Waals surface area (Å²) in [7, 11) is 0. The molecule has 106 valence electrons. The summed E-state index contributed by atoms with van der Waals surface area (Å²) < 4.78 is 0. The van der Waals surface area contributed by atoms with E-state index in [1.54, 1.807) is 35.2 Å². The number of fused-ring (bicyclic) bond motifs is 2. The smallest absolute Gasteiger partial charge is 0.181 e. The van der Waals surface area contributed by atoms with Crippen molar-refractivity contribution in [3.05, 3.63) is 69.2 Å². The number of halogens is 2. The minimum absolute atomic E-state index is 0.0263. The molecule has 0 bridgehead atoms. The quantitative estimate of drug-likeness (QED) is 0.821. The third kappa shape index (κ3) is 1.72. The number of hydrogen-bond donors (Lipinski definition) is 1. The van der Waals surface area contributed by atoms with E-state index >= 15 is 0 Å². The fourth-order valence-electron chi connectivity index (χ4n) is 3.12. The van der Waals surface area contributed by atoms with Crippen molar-refractivity contribution in [1.29, 1.82) is 0 Å². The van der Waals surface area contributed by atoms with Crippen molar-refractivity contribution in [3.63, 3.8) is 0 Å². The highest BCUT2D eigenvalue weighted by Crippen LogP contribution is 2.49. The maximum atomic E-state index is 12.3. The van der Waals surface area contributed by atoms with E-state index in [1.165, 1.54) is 0 Å². The normalized spacial score (nSPS) is 29.8. The Kier molecular flexibility index (Phi) is 2.72. The molecule has 2 heterocycles. The zero-order valence-electron chi connectivity index (χ0n) is 10.9. The van der Waals surface area contributed by atoms with E-state index in [-0.39, 0.29) is 11.8 Å². The van der Waals surface area contributed by atoms with Gasteiger partial charge in [0.1, 0.15) is 0 Å². The van der Waals surface area contributed by atoms with Crippen LogP contribution >= 0.6 is 23.2 Å². The van der Waals surface area contributed by atoms with Gasteiger partial charge in [-0.3, -0.25) is 9.69 Å². The lowest BCUT2D eigenvalue weighted by molar-refractivity contribution is -0.0253. The van der Waals surface area contributed by atoms with Gasteiger partial charge in [0.15, 0.2) is 11.5 Å². The van der Waals surface area contributed by atoms with Gasteiger partial charge in [-0.1, -0.05) is 41.4 Å². The fourth-order valence-corrected chi connectivity index (χ4v) is 3.56. The summed E-state index contributed by atoms with van der Waals surface area (Å²) in [5, 5.41) is 12.3. The Morgan fingerprint density at radius 1 is 1.14 bits per heavy atom. The standard InChI is InChI=1S/C16H11Cl2NO2/c17-9-5-6-10-12(7-9)16(21,19-8-14(19)15(10)20)11-3-1-2-4-13(11)18/h1-7,14,21H,8H2. The summed E-state index contributed by atoms with van der Waals surface area (Å²) in [6.07, 6.45) is 0. The minimum atomic E-state index is -1.41. The van der Waals surface area contributed by atoms with Crippen LogP contribution in [-0.4, -0.2) is 28.4 Å². The van der Waals surface area contributed by atoms with Gasteiger partial charge in [-0.25, -0.2) is 0 Å². The van der Waals surface area contributed by atoms with Crippen LogP contribution in [0.3, 0.4) is 0 Å². The van der Waals surface area contributed by atoms with Gasteiger partial charge in [-0.15, -0.1) is 0 Å². The molecule has 0 radical (unpaired) electrons. The number of hydrogen-bond acceptors (Lipinski definition) is 3. The molecule has 0 aliphatic carbocycles. The van der Waals surface area contributed by atoms with Gasteiger partial charge >= 0.3 is 0 Å². The highest BCUT2D eigenvalue weighted by atomic mass is 35.5. The van der Waals surface area contributed by atoms with E-state index in [4.69, 9.17) is 23.2 Å². The first kappa shape index (κ1) is 13.3. The lowest BCUT2D eigenvalue weighted by Crippen LogP contribution is -2.43. The summed E-state index contributed by atoms with van der Waals surface area (Å²) >= 11 is 12.3. The lowest BCUT2D eigenvalue weighted by atomic mass is 9.86. The number of nitrogens with zero attached hydrogens (tertiary/aromatic N) is 1. The molecule has 0 amide bonds. The van der Waals surface area contributed by atoms with Crippen LogP contribution in [0.25, 0.3) is 0 Å². The molecule has 4 rings (SSSR count). The van der Waals surface area contributed by atoms with Gasteiger partial charge in [0, 0.05) is 33.3 Å². The molecular weight excluding hydrogens is 309 g/mol. The molecule has 2 aromatic rings. The topological polar surface area (TPSA) is 40.3 Å². The zero-order valence-corrected chi connectivity index (χ0v) is 12.4. The van der Waals surface area contributed by atoms with E-state index in [1.807, 2.05) is 12.1 Å². The molecular formula is C16H11Cl2NO2. The molecule has 1 N–H and O–H groups in total. The van der Waals surface area contributed by atoms with E-state index in [0.717, 1.165) is 0 Å². The molecule has 2 aromatic carbocycles. The third-order valence-corrected chi connectivity index (χ3v) is 4.77. The number of carbonyl (C=O) groups is 1. The second-order valence-electron chi connectivity index (χ2n) is 5.37. The Labute approximate surface area is 131 Å². The van der Waals surface area contributed by atoms with Crippen molar-refractivity contribution >= 4 is 29.0 Å². The Morgan fingerprint density at radius 3 is 2.67 bits per heavy atom. The SMILES string of the molecule is O=C1c2ccc(Cl)cc2C(O)(c2ccccc2Cl)N2CC12. The van der Waals surface area contributed by atoms with Gasteiger partial charge in [-0.2, -0.15) is 0 Å². The fraction of sp³-hybridized carbons (Fsp3) is 0.188. The third-order valence-electron chi connectivity index (χ3n) is 4.20. The Morgan fingerprint density at radius 2 is 1.90 bits per heavy atom. The van der Waals surface area contributed by atoms with Gasteiger partial charge in [0.2, 0.25) is 0 Å². The van der Waals surface area contributed by atoms with Crippen LogP contribution in [0.5, 0.6) is 0 Å². The number of ketones is 1. The Bertz CT molecular complexity index is 777. The predicted octanol–water partition coefficient (Wildman–Crippen LogP) is 3.07. The maximum Gasteiger partial charge on any atom is 0.181 e. The molecule has 0 saturated carbocycles. The van der Waals surface area contributed by atoms with Crippen molar-refractivity contribution in [2.45, 2.75) is 11.8 Å². The molecule has 1 fully saturated rings. The number of Topliss-reactive ketones (excluding diaryl/α,β-unsaturated/α-hetero) is 1. The van der Waals surface area contributed by atoms with Crippen LogP contribution in [0.4, 0.5) is 0 Å². The van der Waals surface area contributed by atoms with E-state index in [0.29, 0.717) is 33.3 Å². The van der Waals surface area contributed by atoms with Crippen LogP contribution in [-0.2, 0) is 5.72 Å². The number of benzene rings is 2. The summed E-state index contributed by atoms with van der Waals surface area (Å²) in [6.45, 7) is 0.521. The molecule has 21 heavy (non-hydrogen) atoms. The van der Waals surface area contributed by atoms with Gasteiger partial charge < -0.3 is 5.11 Å². The van der Waals surface area contributed by atoms with Gasteiger partial charge in [0.25, 0.3) is 0 Å². The van der Waals surface area contributed by atoms with E-state index < -0.39 is 5.72 Å². The number of aliphatic hydroxyl groups is 1. The largest absolute Gasteiger partial charge is 0.367 e. The second kappa shape index (κ2) is 4.31. The first-order valence-electron chi connectivity index (χ1n) is 6.62. The summed E-state index contributed by atoms with van der Waals surface area (Å²) in [5.74, 6) is 0.0263. The number of carbonyl (C=O) groups excluding carboxylic acids is 1. The van der Waals surface area contributed by atoms with Crippen molar-refractivity contribution in [3.8, 4) is 0 Å². The molecule has 3 atom stereocenters. The molecule has 2 aliphatic rings. The van der Waals surface area contributed by atoms with Crippen LogP contribution in [0.2, 0.25) is 10.0 Å². The first-order valence-corrected chi connectivity index (χ1v) is 7.37. The average Bonchev–Trinajstić information content (AvgIpc) is 3.26. The van der Waals surface area contributed by atoms with Crippen LogP contribution in [0.15, 0.2) is 42.5 Å². The second-order valence-corrected chi connectivity index (χ2v) is 6.22. The predicted molar refractivity (Wildman–Crippen MR) is 80.7 cm³/mol. The summed E-state index contributed by atoms with van der Waals surface area (Å²) in [4.78, 5) is 14.1. The monoisotopic (exact) mass is 319 g/mol. The molecule has 0 spiro atoms. The highest BCUT2D eigenvalue weighted by molar-refractivity contribution is 6.32.